The van der Waals surface area contributed by atoms with E-state index >= 15 is 0 Å². The number of aromatic nitrogens is 1. The van der Waals surface area contributed by atoms with E-state index in [4.69, 9.17) is 9.47 Å². The van der Waals surface area contributed by atoms with Crippen LogP contribution >= 0.6 is 15.9 Å². The molecule has 2 aromatic rings. The second kappa shape index (κ2) is 8.65. The molecule has 0 saturated heterocycles. The van der Waals surface area contributed by atoms with Crippen LogP contribution in [0, 0.1) is 25.2 Å². The van der Waals surface area contributed by atoms with Gasteiger partial charge in [0.1, 0.15) is 18.2 Å². The lowest BCUT2D eigenvalue weighted by Crippen LogP contribution is -2.11. The summed E-state index contributed by atoms with van der Waals surface area (Å²) < 4.78 is 12.9. The summed E-state index contributed by atoms with van der Waals surface area (Å²) in [6, 6.07) is 11.8. The third kappa shape index (κ3) is 4.59. The molecule has 130 valence electrons. The first kappa shape index (κ1) is 19.0. The number of hydrogen-bond acceptors (Lipinski definition) is 4. The van der Waals surface area contributed by atoms with Gasteiger partial charge in [0.15, 0.2) is 0 Å². The smallest absolute Gasteiger partial charge is 0.348 e. The first-order valence-electron chi connectivity index (χ1n) is 7.70. The van der Waals surface area contributed by atoms with Gasteiger partial charge in [0.25, 0.3) is 0 Å². The van der Waals surface area contributed by atoms with Gasteiger partial charge < -0.3 is 14.0 Å². The van der Waals surface area contributed by atoms with E-state index in [9.17, 15) is 10.1 Å². The molecule has 0 aliphatic carbocycles. The number of ether oxygens (including phenoxy) is 2. The fraction of sp³-hybridized carbons (Fsp3) is 0.263. The highest BCUT2D eigenvalue weighted by Crippen LogP contribution is 2.24. The number of nitriles is 1. The molecule has 0 radical (unpaired) electrons. The topological polar surface area (TPSA) is 64.2 Å². The molecule has 1 heterocycles. The Labute approximate surface area is 155 Å². The third-order valence-electron chi connectivity index (χ3n) is 3.72. The van der Waals surface area contributed by atoms with E-state index < -0.39 is 5.97 Å². The number of methoxy groups -OCH3 is 1. The Balaban J connectivity index is 2.33. The van der Waals surface area contributed by atoms with Gasteiger partial charge in [-0.15, -0.1) is 0 Å². The Morgan fingerprint density at radius 1 is 1.28 bits per heavy atom. The van der Waals surface area contributed by atoms with Crippen molar-refractivity contribution in [3.63, 3.8) is 0 Å². The van der Waals surface area contributed by atoms with Gasteiger partial charge in [-0.1, -0.05) is 15.9 Å². The summed E-state index contributed by atoms with van der Waals surface area (Å²) in [4.78, 5) is 12.0. The van der Waals surface area contributed by atoms with Crippen LogP contribution in [0.3, 0.4) is 0 Å². The van der Waals surface area contributed by atoms with E-state index in [-0.39, 0.29) is 12.2 Å². The third-order valence-corrected chi connectivity index (χ3v) is 4.24. The van der Waals surface area contributed by atoms with Crippen LogP contribution in [0.25, 0.3) is 11.8 Å². The monoisotopic (exact) mass is 402 g/mol. The van der Waals surface area contributed by atoms with Crippen LogP contribution in [0.4, 0.5) is 0 Å². The van der Waals surface area contributed by atoms with Gasteiger partial charge in [-0.05, 0) is 55.8 Å². The zero-order valence-electron chi connectivity index (χ0n) is 14.4. The molecule has 0 aliphatic heterocycles. The van der Waals surface area contributed by atoms with Crippen LogP contribution in [-0.2, 0) is 14.3 Å². The molecule has 0 fully saturated rings. The summed E-state index contributed by atoms with van der Waals surface area (Å²) >= 11 is 3.43. The zero-order valence-corrected chi connectivity index (χ0v) is 16.0. The Hall–Kier alpha value is -2.36. The van der Waals surface area contributed by atoms with E-state index in [1.54, 1.807) is 6.08 Å². The van der Waals surface area contributed by atoms with Crippen LogP contribution in [0.2, 0.25) is 0 Å². The van der Waals surface area contributed by atoms with Crippen molar-refractivity contribution in [1.29, 1.82) is 5.26 Å². The van der Waals surface area contributed by atoms with Crippen LogP contribution in [0.1, 0.15) is 17.0 Å². The minimum atomic E-state index is -0.645. The van der Waals surface area contributed by atoms with Gasteiger partial charge in [-0.2, -0.15) is 5.26 Å². The molecule has 0 atom stereocenters. The number of rotatable bonds is 6. The van der Waals surface area contributed by atoms with Crippen molar-refractivity contribution in [3.8, 4) is 11.8 Å². The van der Waals surface area contributed by atoms with Crippen molar-refractivity contribution in [3.05, 3.63) is 57.3 Å². The van der Waals surface area contributed by atoms with Crippen molar-refractivity contribution in [2.75, 3.05) is 20.3 Å². The van der Waals surface area contributed by atoms with Crippen LogP contribution < -0.4 is 0 Å². The van der Waals surface area contributed by atoms with Gasteiger partial charge in [0, 0.05) is 28.7 Å². The summed E-state index contributed by atoms with van der Waals surface area (Å²) in [5.74, 6) is -0.645. The lowest BCUT2D eigenvalue weighted by atomic mass is 10.1. The lowest BCUT2D eigenvalue weighted by Gasteiger charge is -2.09. The number of esters is 1. The number of hydrogen-bond donors (Lipinski definition) is 0. The van der Waals surface area contributed by atoms with E-state index in [0.29, 0.717) is 6.61 Å². The van der Waals surface area contributed by atoms with Crippen LogP contribution in [-0.4, -0.2) is 30.9 Å². The molecule has 5 nitrogen and oxygen atoms in total. The van der Waals surface area contributed by atoms with Crippen molar-refractivity contribution >= 4 is 28.0 Å². The zero-order chi connectivity index (χ0) is 18.4. The van der Waals surface area contributed by atoms with Crippen LogP contribution in [0.15, 0.2) is 40.4 Å². The van der Waals surface area contributed by atoms with E-state index in [0.717, 1.165) is 27.1 Å². The number of aryl methyl sites for hydroxylation is 1. The second-order valence-electron chi connectivity index (χ2n) is 5.44. The highest BCUT2D eigenvalue weighted by molar-refractivity contribution is 9.10. The first-order valence-corrected chi connectivity index (χ1v) is 8.50. The Bertz CT molecular complexity index is 830. The molecule has 0 amide bonds. The molecular formula is C19H19BrN2O3. The maximum Gasteiger partial charge on any atom is 0.348 e. The molecular weight excluding hydrogens is 384 g/mol. The summed E-state index contributed by atoms with van der Waals surface area (Å²) in [5.41, 5.74) is 3.74. The number of carbonyl (C=O) groups excluding carboxylic acids is 1. The Morgan fingerprint density at radius 2 is 1.96 bits per heavy atom. The highest BCUT2D eigenvalue weighted by atomic mass is 79.9. The van der Waals surface area contributed by atoms with Crippen molar-refractivity contribution in [2.45, 2.75) is 13.8 Å². The lowest BCUT2D eigenvalue weighted by molar-refractivity contribution is -0.139. The van der Waals surface area contributed by atoms with Gasteiger partial charge in [0.2, 0.25) is 0 Å². The van der Waals surface area contributed by atoms with Crippen molar-refractivity contribution < 1.29 is 14.3 Å². The normalized spacial score (nSPS) is 11.2. The fourth-order valence-electron chi connectivity index (χ4n) is 2.51. The molecule has 1 aromatic carbocycles. The van der Waals surface area contributed by atoms with Gasteiger partial charge in [-0.3, -0.25) is 0 Å². The maximum atomic E-state index is 12.0. The summed E-state index contributed by atoms with van der Waals surface area (Å²) in [6.07, 6.45) is 1.56. The summed E-state index contributed by atoms with van der Waals surface area (Å²) in [6.45, 7) is 4.34. The predicted octanol–water partition coefficient (Wildman–Crippen LogP) is 3.95. The predicted molar refractivity (Wildman–Crippen MR) is 99.4 cm³/mol. The van der Waals surface area contributed by atoms with E-state index in [2.05, 4.69) is 20.5 Å². The SMILES string of the molecule is COCCOC(=O)C(C#N)=Cc1cc(C)n(-c2ccc(Br)cc2)c1C. The Morgan fingerprint density at radius 3 is 2.56 bits per heavy atom. The van der Waals surface area contributed by atoms with Crippen LogP contribution in [0.5, 0.6) is 0 Å². The first-order chi connectivity index (χ1) is 12.0. The second-order valence-corrected chi connectivity index (χ2v) is 6.35. The molecule has 25 heavy (non-hydrogen) atoms. The van der Waals surface area contributed by atoms with Crippen molar-refractivity contribution in [1.82, 2.24) is 4.57 Å². The fourth-order valence-corrected chi connectivity index (χ4v) is 2.77. The summed E-state index contributed by atoms with van der Waals surface area (Å²) in [5, 5.41) is 9.27. The van der Waals surface area contributed by atoms with Gasteiger partial charge in [-0.25, -0.2) is 4.79 Å². The molecule has 0 spiro atoms. The van der Waals surface area contributed by atoms with Gasteiger partial charge >= 0.3 is 5.97 Å². The average molecular weight is 403 g/mol. The number of halogens is 1. The molecule has 0 saturated carbocycles. The standard InChI is InChI=1S/C19H19BrN2O3/c1-13-10-15(11-16(12-21)19(23)25-9-8-24-3)14(2)22(13)18-6-4-17(20)5-7-18/h4-7,10-11H,8-9H2,1-3H3. The minimum Gasteiger partial charge on any atom is -0.459 e. The molecule has 2 rings (SSSR count). The quantitative estimate of drug-likeness (QED) is 0.317. The number of carbonyl (C=O) groups is 1. The summed E-state index contributed by atoms with van der Waals surface area (Å²) in [7, 11) is 1.52. The molecule has 1 aromatic heterocycles. The molecule has 0 unspecified atom stereocenters. The Kier molecular flexibility index (Phi) is 6.57. The van der Waals surface area contributed by atoms with Crippen molar-refractivity contribution in [2.24, 2.45) is 0 Å². The molecule has 0 aliphatic rings. The van der Waals surface area contributed by atoms with E-state index in [1.807, 2.05) is 50.2 Å². The minimum absolute atomic E-state index is 0.0350. The highest BCUT2D eigenvalue weighted by Gasteiger charge is 2.14. The molecule has 0 N–H and O–H groups in total. The molecule has 6 heteroatoms. The molecule has 0 bridgehead atoms. The number of benzene rings is 1. The van der Waals surface area contributed by atoms with E-state index in [1.165, 1.54) is 7.11 Å². The van der Waals surface area contributed by atoms with Gasteiger partial charge in [0.05, 0.1) is 6.61 Å². The average Bonchev–Trinajstić information content (AvgIpc) is 2.87. The maximum absolute atomic E-state index is 12.0. The largest absolute Gasteiger partial charge is 0.459 e. The number of nitrogens with zero attached hydrogens (tertiary/aromatic N) is 2.